The zero-order valence-corrected chi connectivity index (χ0v) is 12.1. The number of rotatable bonds is 2. The molecule has 0 aliphatic heterocycles. The number of aromatic nitrogens is 4. The molecule has 0 fully saturated rings. The van der Waals surface area contributed by atoms with Crippen molar-refractivity contribution in [3.8, 4) is 11.3 Å². The van der Waals surface area contributed by atoms with Crippen molar-refractivity contribution in [1.29, 1.82) is 0 Å². The van der Waals surface area contributed by atoms with Crippen LogP contribution in [0.5, 0.6) is 0 Å². The zero-order valence-electron chi connectivity index (χ0n) is 9.12. The van der Waals surface area contributed by atoms with Crippen molar-refractivity contribution in [1.82, 2.24) is 19.7 Å². The summed E-state index contributed by atoms with van der Waals surface area (Å²) in [7, 11) is -1.60. The summed E-state index contributed by atoms with van der Waals surface area (Å²) in [6.07, 6.45) is 4.30. The summed E-state index contributed by atoms with van der Waals surface area (Å²) in [4.78, 5) is 7.78. The molecule has 0 aliphatic carbocycles. The van der Waals surface area contributed by atoms with Crippen LogP contribution in [0, 0.1) is 3.70 Å². The molecule has 2 heterocycles. The molecule has 0 bridgehead atoms. The molecule has 0 aromatic carbocycles. The molecule has 0 N–H and O–H groups in total. The van der Waals surface area contributed by atoms with Gasteiger partial charge in [-0.05, 0) is 28.7 Å². The summed E-state index contributed by atoms with van der Waals surface area (Å²) in [6, 6.07) is 1.66. The van der Waals surface area contributed by atoms with Crippen LogP contribution < -0.4 is 0 Å². The van der Waals surface area contributed by atoms with Crippen LogP contribution >= 0.6 is 22.6 Å². The summed E-state index contributed by atoms with van der Waals surface area (Å²) < 4.78 is 25.1. The molecule has 8 heteroatoms. The standard InChI is InChI=1S/C9H9IN4O2S/c1-14-5-6(8(10)13-14)7-3-4-11-9(12-7)17(2,15)16/h3-5H,1-2H3. The van der Waals surface area contributed by atoms with Gasteiger partial charge in [-0.1, -0.05) is 0 Å². The molecule has 0 unspecified atom stereocenters. The van der Waals surface area contributed by atoms with Gasteiger partial charge in [-0.2, -0.15) is 5.10 Å². The Morgan fingerprint density at radius 3 is 2.65 bits per heavy atom. The third-order valence-corrected chi connectivity index (χ3v) is 3.68. The maximum Gasteiger partial charge on any atom is 0.247 e. The molecule has 2 rings (SSSR count). The lowest BCUT2D eigenvalue weighted by Crippen LogP contribution is -2.04. The second kappa shape index (κ2) is 4.33. The van der Waals surface area contributed by atoms with Crippen molar-refractivity contribution >= 4 is 32.4 Å². The number of aryl methyl sites for hydroxylation is 1. The number of halogens is 1. The lowest BCUT2D eigenvalue weighted by Gasteiger charge is -2.00. The van der Waals surface area contributed by atoms with Gasteiger partial charge in [0.15, 0.2) is 0 Å². The molecular formula is C9H9IN4O2S. The van der Waals surface area contributed by atoms with Crippen molar-refractivity contribution in [3.05, 3.63) is 22.2 Å². The van der Waals surface area contributed by atoms with E-state index in [0.717, 1.165) is 15.5 Å². The van der Waals surface area contributed by atoms with Crippen molar-refractivity contribution in [2.45, 2.75) is 5.16 Å². The Morgan fingerprint density at radius 1 is 1.41 bits per heavy atom. The van der Waals surface area contributed by atoms with E-state index in [0.29, 0.717) is 5.69 Å². The molecular weight excluding hydrogens is 355 g/mol. The molecule has 2 aromatic heterocycles. The molecule has 0 spiro atoms. The number of sulfone groups is 1. The van der Waals surface area contributed by atoms with Crippen molar-refractivity contribution < 1.29 is 8.42 Å². The lowest BCUT2D eigenvalue weighted by molar-refractivity contribution is 0.593. The number of nitrogens with zero attached hydrogens (tertiary/aromatic N) is 4. The van der Waals surface area contributed by atoms with Crippen LogP contribution in [0.3, 0.4) is 0 Å². The van der Waals surface area contributed by atoms with E-state index in [1.807, 2.05) is 0 Å². The van der Waals surface area contributed by atoms with E-state index in [2.05, 4.69) is 37.7 Å². The zero-order chi connectivity index (χ0) is 12.6. The molecule has 0 saturated heterocycles. The Morgan fingerprint density at radius 2 is 2.12 bits per heavy atom. The first-order chi connectivity index (χ1) is 7.88. The third-order valence-electron chi connectivity index (χ3n) is 2.02. The van der Waals surface area contributed by atoms with E-state index in [9.17, 15) is 8.42 Å². The molecule has 0 radical (unpaired) electrons. The van der Waals surface area contributed by atoms with Crippen LogP contribution in [0.1, 0.15) is 0 Å². The molecule has 2 aromatic rings. The Kier molecular flexibility index (Phi) is 3.17. The van der Waals surface area contributed by atoms with Gasteiger partial charge in [0.25, 0.3) is 0 Å². The summed E-state index contributed by atoms with van der Waals surface area (Å²) in [6.45, 7) is 0. The van der Waals surface area contributed by atoms with E-state index in [1.54, 1.807) is 24.0 Å². The van der Waals surface area contributed by atoms with Gasteiger partial charge >= 0.3 is 0 Å². The Hall–Kier alpha value is -1.03. The quantitative estimate of drug-likeness (QED) is 0.584. The number of hydrogen-bond donors (Lipinski definition) is 0. The lowest BCUT2D eigenvalue weighted by atomic mass is 10.2. The summed E-state index contributed by atoms with van der Waals surface area (Å²) in [5.41, 5.74) is 1.35. The summed E-state index contributed by atoms with van der Waals surface area (Å²) >= 11 is 2.08. The van der Waals surface area contributed by atoms with Gasteiger partial charge in [-0.25, -0.2) is 18.4 Å². The van der Waals surface area contributed by atoms with Crippen LogP contribution in [0.4, 0.5) is 0 Å². The van der Waals surface area contributed by atoms with E-state index in [4.69, 9.17) is 0 Å². The van der Waals surface area contributed by atoms with Gasteiger partial charge < -0.3 is 0 Å². The average Bonchev–Trinajstić information content (AvgIpc) is 2.57. The summed E-state index contributed by atoms with van der Waals surface area (Å²) in [5, 5.41) is 4.00. The maximum absolute atomic E-state index is 11.4. The minimum absolute atomic E-state index is 0.172. The van der Waals surface area contributed by atoms with Gasteiger partial charge in [0, 0.05) is 25.7 Å². The normalized spacial score (nSPS) is 11.7. The van der Waals surface area contributed by atoms with E-state index in [1.165, 1.54) is 6.20 Å². The van der Waals surface area contributed by atoms with Crippen molar-refractivity contribution in [3.63, 3.8) is 0 Å². The Labute approximate surface area is 112 Å². The second-order valence-electron chi connectivity index (χ2n) is 3.50. The first-order valence-electron chi connectivity index (χ1n) is 4.60. The van der Waals surface area contributed by atoms with Crippen LogP contribution in [0.15, 0.2) is 23.6 Å². The van der Waals surface area contributed by atoms with E-state index in [-0.39, 0.29) is 5.16 Å². The second-order valence-corrected chi connectivity index (χ2v) is 6.44. The average molecular weight is 364 g/mol. The fraction of sp³-hybridized carbons (Fsp3) is 0.222. The van der Waals surface area contributed by atoms with E-state index >= 15 is 0 Å². The molecule has 0 saturated carbocycles. The fourth-order valence-corrected chi connectivity index (χ4v) is 2.57. The largest absolute Gasteiger partial charge is 0.274 e. The van der Waals surface area contributed by atoms with Crippen LogP contribution in [-0.2, 0) is 16.9 Å². The monoisotopic (exact) mass is 364 g/mol. The highest BCUT2D eigenvalue weighted by Gasteiger charge is 2.14. The topological polar surface area (TPSA) is 77.7 Å². The van der Waals surface area contributed by atoms with Crippen LogP contribution in [-0.4, -0.2) is 34.4 Å². The fourth-order valence-electron chi connectivity index (χ4n) is 1.30. The van der Waals surface area contributed by atoms with Gasteiger partial charge in [-0.15, -0.1) is 0 Å². The molecule has 17 heavy (non-hydrogen) atoms. The molecule has 6 nitrogen and oxygen atoms in total. The maximum atomic E-state index is 11.4. The minimum Gasteiger partial charge on any atom is -0.274 e. The van der Waals surface area contributed by atoms with Gasteiger partial charge in [0.05, 0.1) is 11.3 Å². The highest BCUT2D eigenvalue weighted by atomic mass is 127. The third kappa shape index (κ3) is 2.63. The highest BCUT2D eigenvalue weighted by Crippen LogP contribution is 2.22. The van der Waals surface area contributed by atoms with Crippen molar-refractivity contribution in [2.75, 3.05) is 6.26 Å². The van der Waals surface area contributed by atoms with Gasteiger partial charge in [0.1, 0.15) is 3.70 Å². The molecule has 0 atom stereocenters. The number of hydrogen-bond acceptors (Lipinski definition) is 5. The molecule has 0 aliphatic rings. The smallest absolute Gasteiger partial charge is 0.247 e. The predicted octanol–water partition coefficient (Wildman–Crippen LogP) is 0.885. The van der Waals surface area contributed by atoms with Crippen LogP contribution in [0.2, 0.25) is 0 Å². The SMILES string of the molecule is Cn1cc(-c2ccnc(S(C)(=O)=O)n2)c(I)n1. The Bertz CT molecular complexity index is 665. The Balaban J connectivity index is 2.58. The van der Waals surface area contributed by atoms with Crippen molar-refractivity contribution in [2.24, 2.45) is 7.05 Å². The molecule has 0 amide bonds. The van der Waals surface area contributed by atoms with Crippen LogP contribution in [0.25, 0.3) is 11.3 Å². The summed E-state index contributed by atoms with van der Waals surface area (Å²) in [5.74, 6) is 0. The van der Waals surface area contributed by atoms with Gasteiger partial charge in [0.2, 0.25) is 15.0 Å². The highest BCUT2D eigenvalue weighted by molar-refractivity contribution is 14.1. The predicted molar refractivity (Wildman–Crippen MR) is 70.1 cm³/mol. The molecule has 90 valence electrons. The van der Waals surface area contributed by atoms with Gasteiger partial charge in [-0.3, -0.25) is 4.68 Å². The minimum atomic E-state index is -3.39. The first-order valence-corrected chi connectivity index (χ1v) is 7.57. The van der Waals surface area contributed by atoms with E-state index < -0.39 is 9.84 Å². The first kappa shape index (κ1) is 12.4.